The first kappa shape index (κ1) is 15.3. The molecule has 0 bridgehead atoms. The fraction of sp³-hybridized carbons (Fsp3) is 0.583. The third kappa shape index (κ3) is 3.01. The van der Waals surface area contributed by atoms with Gasteiger partial charge in [-0.25, -0.2) is 0 Å². The molecule has 1 aromatic rings. The highest BCUT2D eigenvalue weighted by atomic mass is 19.4. The zero-order valence-corrected chi connectivity index (χ0v) is 11.5. The molecule has 1 atom stereocenters. The van der Waals surface area contributed by atoms with Crippen molar-refractivity contribution in [3.63, 3.8) is 0 Å². The molecule has 2 N–H and O–H groups in total. The number of alkyl halides is 3. The van der Waals surface area contributed by atoms with Crippen LogP contribution in [-0.2, 0) is 11.0 Å². The van der Waals surface area contributed by atoms with Crippen LogP contribution < -0.4 is 5.32 Å². The molecule has 1 aliphatic heterocycles. The Morgan fingerprint density at radius 2 is 2.14 bits per heavy atom. The fourth-order valence-corrected chi connectivity index (χ4v) is 2.30. The lowest BCUT2D eigenvalue weighted by Crippen LogP contribution is -2.59. The van der Waals surface area contributed by atoms with Gasteiger partial charge >= 0.3 is 6.18 Å². The van der Waals surface area contributed by atoms with E-state index in [-0.39, 0.29) is 30.6 Å². The first-order valence-electron chi connectivity index (χ1n) is 6.43. The molecule has 21 heavy (non-hydrogen) atoms. The van der Waals surface area contributed by atoms with Crippen molar-refractivity contribution < 1.29 is 22.8 Å². The molecule has 2 heterocycles. The smallest absolute Gasteiger partial charge is 0.353 e. The van der Waals surface area contributed by atoms with E-state index in [0.29, 0.717) is 6.07 Å². The predicted octanol–water partition coefficient (Wildman–Crippen LogP) is 1.03. The van der Waals surface area contributed by atoms with E-state index >= 15 is 0 Å². The standard InChI is InChI=1S/C12H15F3N4O2/c1-6(2)9-10(20)16-3-4-19(9)11(21)7-5-8(18-17-7)12(13,14)15/h5-6,9H,3-4H2,1-2H3,(H,16,20)(H,17,18)/t9-/m1/s1. The summed E-state index contributed by atoms with van der Waals surface area (Å²) in [5.74, 6) is -1.15. The van der Waals surface area contributed by atoms with Crippen molar-refractivity contribution in [2.24, 2.45) is 5.92 Å². The number of amides is 2. The van der Waals surface area contributed by atoms with Crippen molar-refractivity contribution >= 4 is 11.8 Å². The van der Waals surface area contributed by atoms with Gasteiger partial charge in [0.25, 0.3) is 5.91 Å². The molecule has 0 aromatic carbocycles. The second-order valence-corrected chi connectivity index (χ2v) is 5.14. The van der Waals surface area contributed by atoms with Gasteiger partial charge in [0.15, 0.2) is 5.69 Å². The van der Waals surface area contributed by atoms with E-state index in [1.165, 1.54) is 4.90 Å². The van der Waals surface area contributed by atoms with E-state index in [1.807, 2.05) is 0 Å². The van der Waals surface area contributed by atoms with Crippen molar-refractivity contribution in [2.45, 2.75) is 26.1 Å². The molecule has 1 fully saturated rings. The number of aromatic nitrogens is 2. The van der Waals surface area contributed by atoms with Crippen LogP contribution in [0, 0.1) is 5.92 Å². The molecule has 0 radical (unpaired) electrons. The number of aromatic amines is 1. The summed E-state index contributed by atoms with van der Waals surface area (Å²) in [5.41, 5.74) is -1.43. The zero-order valence-electron chi connectivity index (χ0n) is 11.5. The van der Waals surface area contributed by atoms with Crippen LogP contribution in [0.4, 0.5) is 13.2 Å². The lowest BCUT2D eigenvalue weighted by atomic mass is 9.99. The maximum atomic E-state index is 12.5. The van der Waals surface area contributed by atoms with Gasteiger partial charge in [0.1, 0.15) is 11.7 Å². The van der Waals surface area contributed by atoms with Gasteiger partial charge < -0.3 is 10.2 Å². The molecule has 1 aliphatic rings. The van der Waals surface area contributed by atoms with Crippen molar-refractivity contribution in [3.8, 4) is 0 Å². The minimum absolute atomic E-state index is 0.157. The summed E-state index contributed by atoms with van der Waals surface area (Å²) >= 11 is 0. The quantitative estimate of drug-likeness (QED) is 0.856. The molecule has 1 aromatic heterocycles. The molecule has 1 saturated heterocycles. The van der Waals surface area contributed by atoms with Crippen LogP contribution in [0.5, 0.6) is 0 Å². The Morgan fingerprint density at radius 1 is 1.48 bits per heavy atom. The van der Waals surface area contributed by atoms with Crippen LogP contribution in [0.25, 0.3) is 0 Å². The van der Waals surface area contributed by atoms with Crippen molar-refractivity contribution in [1.82, 2.24) is 20.4 Å². The van der Waals surface area contributed by atoms with Gasteiger partial charge in [0.05, 0.1) is 0 Å². The highest BCUT2D eigenvalue weighted by Gasteiger charge is 2.38. The number of carbonyl (C=O) groups is 2. The molecule has 116 valence electrons. The van der Waals surface area contributed by atoms with Gasteiger partial charge in [0.2, 0.25) is 5.91 Å². The molecule has 0 aliphatic carbocycles. The number of nitrogens with zero attached hydrogens (tertiary/aromatic N) is 2. The number of H-pyrrole nitrogens is 1. The van der Waals surface area contributed by atoms with Crippen LogP contribution in [0.15, 0.2) is 6.07 Å². The van der Waals surface area contributed by atoms with Crippen LogP contribution in [-0.4, -0.2) is 46.0 Å². The third-order valence-corrected chi connectivity index (χ3v) is 3.25. The Bertz CT molecular complexity index is 553. The number of rotatable bonds is 2. The zero-order chi connectivity index (χ0) is 15.8. The van der Waals surface area contributed by atoms with Crippen molar-refractivity contribution in [2.75, 3.05) is 13.1 Å². The van der Waals surface area contributed by atoms with Gasteiger partial charge in [-0.1, -0.05) is 13.8 Å². The Labute approximate surface area is 118 Å². The summed E-state index contributed by atoms with van der Waals surface area (Å²) in [7, 11) is 0. The first-order valence-corrected chi connectivity index (χ1v) is 6.43. The molecular formula is C12H15F3N4O2. The monoisotopic (exact) mass is 304 g/mol. The SMILES string of the molecule is CC(C)[C@@H]1C(=O)NCCN1C(=O)c1cc(C(F)(F)F)[nH]n1. The normalized spacial score (nSPS) is 19.8. The largest absolute Gasteiger partial charge is 0.432 e. The lowest BCUT2D eigenvalue weighted by Gasteiger charge is -2.36. The maximum Gasteiger partial charge on any atom is 0.432 e. The fourth-order valence-electron chi connectivity index (χ4n) is 2.30. The summed E-state index contributed by atoms with van der Waals surface area (Å²) in [4.78, 5) is 25.4. The number of hydrogen-bond acceptors (Lipinski definition) is 3. The number of halogens is 3. The number of nitrogens with one attached hydrogen (secondary N) is 2. The highest BCUT2D eigenvalue weighted by molar-refractivity contribution is 5.97. The molecule has 0 saturated carbocycles. The van der Waals surface area contributed by atoms with Crippen LogP contribution in [0.2, 0.25) is 0 Å². The van der Waals surface area contributed by atoms with Gasteiger partial charge in [-0.2, -0.15) is 18.3 Å². The third-order valence-electron chi connectivity index (χ3n) is 3.25. The van der Waals surface area contributed by atoms with E-state index in [0.717, 1.165) is 0 Å². The second-order valence-electron chi connectivity index (χ2n) is 5.14. The molecule has 2 amide bonds. The Hall–Kier alpha value is -2.06. The molecule has 2 rings (SSSR count). The van der Waals surface area contributed by atoms with E-state index in [1.54, 1.807) is 18.9 Å². The summed E-state index contributed by atoms with van der Waals surface area (Å²) < 4.78 is 37.5. The summed E-state index contributed by atoms with van der Waals surface area (Å²) in [6.45, 7) is 4.04. The van der Waals surface area contributed by atoms with E-state index in [4.69, 9.17) is 0 Å². The topological polar surface area (TPSA) is 78.1 Å². The summed E-state index contributed by atoms with van der Waals surface area (Å²) in [5, 5.41) is 7.84. The Balaban J connectivity index is 2.25. The number of hydrogen-bond donors (Lipinski definition) is 2. The van der Waals surface area contributed by atoms with E-state index in [9.17, 15) is 22.8 Å². The van der Waals surface area contributed by atoms with Crippen LogP contribution >= 0.6 is 0 Å². The van der Waals surface area contributed by atoms with Crippen molar-refractivity contribution in [1.29, 1.82) is 0 Å². The van der Waals surface area contributed by atoms with Gasteiger partial charge in [-0.15, -0.1) is 0 Å². The minimum Gasteiger partial charge on any atom is -0.353 e. The molecule has 6 nitrogen and oxygen atoms in total. The summed E-state index contributed by atoms with van der Waals surface area (Å²) in [6, 6.07) is -0.0519. The Kier molecular flexibility index (Phi) is 3.93. The predicted molar refractivity (Wildman–Crippen MR) is 66.3 cm³/mol. The first-order chi connectivity index (χ1) is 9.71. The van der Waals surface area contributed by atoms with Gasteiger partial charge in [-0.05, 0) is 5.92 Å². The number of piperazine rings is 1. The van der Waals surface area contributed by atoms with E-state index < -0.39 is 23.8 Å². The van der Waals surface area contributed by atoms with Crippen molar-refractivity contribution in [3.05, 3.63) is 17.5 Å². The molecule has 0 unspecified atom stereocenters. The minimum atomic E-state index is -4.59. The van der Waals surface area contributed by atoms with E-state index in [2.05, 4.69) is 10.4 Å². The summed E-state index contributed by atoms with van der Waals surface area (Å²) in [6.07, 6.45) is -4.59. The highest BCUT2D eigenvalue weighted by Crippen LogP contribution is 2.28. The van der Waals surface area contributed by atoms with Gasteiger partial charge in [0, 0.05) is 19.2 Å². The number of carbonyl (C=O) groups excluding carboxylic acids is 2. The Morgan fingerprint density at radius 3 is 2.67 bits per heavy atom. The van der Waals surface area contributed by atoms with Crippen LogP contribution in [0.3, 0.4) is 0 Å². The van der Waals surface area contributed by atoms with Crippen LogP contribution in [0.1, 0.15) is 30.0 Å². The average molecular weight is 304 g/mol. The molecule has 9 heteroatoms. The molecule has 0 spiro atoms. The maximum absolute atomic E-state index is 12.5. The second kappa shape index (κ2) is 5.38. The average Bonchev–Trinajstić information content (AvgIpc) is 2.86. The molecular weight excluding hydrogens is 289 g/mol. The van der Waals surface area contributed by atoms with Gasteiger partial charge in [-0.3, -0.25) is 14.7 Å². The lowest BCUT2D eigenvalue weighted by molar-refractivity contribution is -0.141.